The number of aliphatic hydroxyl groups is 2. The number of carboxylic acid groups (broad SMARTS) is 1. The van der Waals surface area contributed by atoms with Gasteiger partial charge in [-0.2, -0.15) is 0 Å². The summed E-state index contributed by atoms with van der Waals surface area (Å²) in [5.74, 6) is -3.69. The standard InChI is InChI=1S/C41H61N5O9/c1-8-26(6)19-31(45-39(52)33(18-24(2)3)43-27(7)47)34(48)21-36(50)44-32(20-28-12-10-9-11-13-28)35(49)22-37(51)46-38(25(4)5)40(53)42-23-29-14-16-30(17-15-29)41(54)55/h9-17,24-26,31-35,38,48-49H,8,18-23H2,1-7H3,(H,42,53)(H,43,47)(H,44,50)(H,45,52)(H,46,51)(H,54,55)/t26?,31-,32-,33-,34-,35-,38-/m0/s1. The summed E-state index contributed by atoms with van der Waals surface area (Å²) in [5, 5.41) is 45.5. The number of carbonyl (C=O) groups is 6. The summed E-state index contributed by atoms with van der Waals surface area (Å²) >= 11 is 0. The molecule has 304 valence electrons. The smallest absolute Gasteiger partial charge is 0.335 e. The highest BCUT2D eigenvalue weighted by molar-refractivity contribution is 5.89. The summed E-state index contributed by atoms with van der Waals surface area (Å²) in [6, 6.07) is 11.6. The first kappa shape index (κ1) is 46.3. The molecule has 0 radical (unpaired) electrons. The van der Waals surface area contributed by atoms with Gasteiger partial charge in [-0.25, -0.2) is 4.79 Å². The Balaban J connectivity index is 2.16. The number of hydrogen-bond acceptors (Lipinski definition) is 8. The molecule has 1 unspecified atom stereocenters. The van der Waals surface area contributed by atoms with Gasteiger partial charge in [0.2, 0.25) is 29.5 Å². The number of carbonyl (C=O) groups excluding carboxylic acids is 5. The Morgan fingerprint density at radius 1 is 0.673 bits per heavy atom. The fourth-order valence-electron chi connectivity index (χ4n) is 6.06. The highest BCUT2D eigenvalue weighted by Crippen LogP contribution is 2.17. The molecule has 7 atom stereocenters. The fraction of sp³-hybridized carbons (Fsp3) is 0.561. The molecule has 55 heavy (non-hydrogen) atoms. The lowest BCUT2D eigenvalue weighted by Crippen LogP contribution is -2.54. The van der Waals surface area contributed by atoms with Crippen molar-refractivity contribution in [1.29, 1.82) is 0 Å². The number of rotatable bonds is 23. The van der Waals surface area contributed by atoms with E-state index in [4.69, 9.17) is 5.11 Å². The molecule has 0 bridgehead atoms. The summed E-state index contributed by atoms with van der Waals surface area (Å²) in [6.07, 6.45) is -1.84. The number of aromatic carboxylic acids is 1. The molecule has 8 N–H and O–H groups in total. The van der Waals surface area contributed by atoms with Crippen LogP contribution < -0.4 is 26.6 Å². The Bertz CT molecular complexity index is 1550. The van der Waals surface area contributed by atoms with Gasteiger partial charge in [0.1, 0.15) is 12.1 Å². The molecular weight excluding hydrogens is 706 g/mol. The molecule has 0 saturated heterocycles. The molecule has 0 heterocycles. The average Bonchev–Trinajstić information content (AvgIpc) is 3.11. The van der Waals surface area contributed by atoms with E-state index in [1.165, 1.54) is 19.1 Å². The lowest BCUT2D eigenvalue weighted by atomic mass is 9.93. The zero-order valence-corrected chi connectivity index (χ0v) is 33.1. The van der Waals surface area contributed by atoms with Gasteiger partial charge in [0.15, 0.2) is 0 Å². The minimum atomic E-state index is -1.38. The van der Waals surface area contributed by atoms with Crippen molar-refractivity contribution in [1.82, 2.24) is 26.6 Å². The van der Waals surface area contributed by atoms with Crippen LogP contribution in [-0.2, 0) is 36.9 Å². The van der Waals surface area contributed by atoms with E-state index in [2.05, 4.69) is 26.6 Å². The summed E-state index contributed by atoms with van der Waals surface area (Å²) in [6.45, 7) is 12.8. The monoisotopic (exact) mass is 767 g/mol. The molecule has 0 aliphatic heterocycles. The van der Waals surface area contributed by atoms with Gasteiger partial charge in [-0.05, 0) is 60.3 Å². The molecule has 0 aliphatic rings. The number of carboxylic acids is 1. The summed E-state index contributed by atoms with van der Waals surface area (Å²) in [7, 11) is 0. The number of aliphatic hydroxyl groups excluding tert-OH is 2. The molecule has 14 heteroatoms. The van der Waals surface area contributed by atoms with E-state index in [0.29, 0.717) is 18.4 Å². The average molecular weight is 768 g/mol. The molecule has 0 aliphatic carbocycles. The van der Waals surface area contributed by atoms with Gasteiger partial charge in [0.05, 0.1) is 42.7 Å². The number of hydrogen-bond donors (Lipinski definition) is 8. The van der Waals surface area contributed by atoms with Gasteiger partial charge in [-0.1, -0.05) is 90.4 Å². The van der Waals surface area contributed by atoms with Gasteiger partial charge in [-0.3, -0.25) is 24.0 Å². The van der Waals surface area contributed by atoms with Crippen molar-refractivity contribution in [2.24, 2.45) is 17.8 Å². The highest BCUT2D eigenvalue weighted by atomic mass is 16.4. The topological polar surface area (TPSA) is 223 Å². The first-order valence-electron chi connectivity index (χ1n) is 19.1. The highest BCUT2D eigenvalue weighted by Gasteiger charge is 2.32. The van der Waals surface area contributed by atoms with Crippen LogP contribution in [0.3, 0.4) is 0 Å². The molecule has 0 fully saturated rings. The van der Waals surface area contributed by atoms with Crippen LogP contribution in [0.2, 0.25) is 0 Å². The van der Waals surface area contributed by atoms with Crippen LogP contribution in [-0.4, -0.2) is 87.2 Å². The van der Waals surface area contributed by atoms with Crippen LogP contribution >= 0.6 is 0 Å². The first-order chi connectivity index (χ1) is 25.9. The second-order valence-corrected chi connectivity index (χ2v) is 15.2. The van der Waals surface area contributed by atoms with E-state index in [9.17, 15) is 39.0 Å². The van der Waals surface area contributed by atoms with Crippen molar-refractivity contribution >= 4 is 35.5 Å². The molecule has 5 amide bonds. The first-order valence-corrected chi connectivity index (χ1v) is 19.1. The molecule has 0 aromatic heterocycles. The van der Waals surface area contributed by atoms with Gasteiger partial charge in [0, 0.05) is 13.5 Å². The quantitative estimate of drug-likeness (QED) is 0.0832. The Morgan fingerprint density at radius 2 is 1.25 bits per heavy atom. The number of benzene rings is 2. The van der Waals surface area contributed by atoms with Crippen LogP contribution in [0.1, 0.15) is 102 Å². The summed E-state index contributed by atoms with van der Waals surface area (Å²) in [4.78, 5) is 76.1. The van der Waals surface area contributed by atoms with Gasteiger partial charge < -0.3 is 41.9 Å². The number of amides is 5. The van der Waals surface area contributed by atoms with E-state index >= 15 is 0 Å². The van der Waals surface area contributed by atoms with E-state index in [0.717, 1.165) is 12.0 Å². The third-order valence-electron chi connectivity index (χ3n) is 9.38. The second kappa shape index (κ2) is 23.2. The Kier molecular flexibility index (Phi) is 19.5. The van der Waals surface area contributed by atoms with E-state index in [1.807, 2.05) is 45.9 Å². The molecular formula is C41H61N5O9. The molecule has 14 nitrogen and oxygen atoms in total. The maximum absolute atomic E-state index is 13.5. The second-order valence-electron chi connectivity index (χ2n) is 15.2. The maximum Gasteiger partial charge on any atom is 0.335 e. The molecule has 2 rings (SSSR count). The predicted molar refractivity (Wildman–Crippen MR) is 208 cm³/mol. The third kappa shape index (κ3) is 17.0. The molecule has 2 aromatic carbocycles. The summed E-state index contributed by atoms with van der Waals surface area (Å²) < 4.78 is 0. The maximum atomic E-state index is 13.5. The van der Waals surface area contributed by atoms with Crippen molar-refractivity contribution in [2.75, 3.05) is 0 Å². The van der Waals surface area contributed by atoms with E-state index in [1.54, 1.807) is 38.1 Å². The van der Waals surface area contributed by atoms with Crippen LogP contribution in [0.5, 0.6) is 0 Å². The van der Waals surface area contributed by atoms with E-state index in [-0.39, 0.29) is 42.2 Å². The van der Waals surface area contributed by atoms with Crippen molar-refractivity contribution in [3.05, 3.63) is 71.3 Å². The molecule has 0 saturated carbocycles. The van der Waals surface area contributed by atoms with E-state index < -0.39 is 78.8 Å². The Hall–Kier alpha value is -4.82. The van der Waals surface area contributed by atoms with Crippen LogP contribution in [0.4, 0.5) is 0 Å². The van der Waals surface area contributed by atoms with Gasteiger partial charge >= 0.3 is 5.97 Å². The molecule has 0 spiro atoms. The fourth-order valence-corrected chi connectivity index (χ4v) is 6.06. The largest absolute Gasteiger partial charge is 0.478 e. The van der Waals surface area contributed by atoms with Gasteiger partial charge in [0.25, 0.3) is 0 Å². The van der Waals surface area contributed by atoms with Crippen LogP contribution in [0.25, 0.3) is 0 Å². The van der Waals surface area contributed by atoms with Gasteiger partial charge in [-0.15, -0.1) is 0 Å². The SMILES string of the molecule is CCC(C)C[C@H](NC(=O)[C@H](CC(C)C)NC(C)=O)[C@@H](O)CC(=O)N[C@@H](Cc1ccccc1)[C@@H](O)CC(=O)N[C@H](C(=O)NCc1ccc(C(=O)O)cc1)C(C)C. The third-order valence-corrected chi connectivity index (χ3v) is 9.38. The van der Waals surface area contributed by atoms with Crippen LogP contribution in [0.15, 0.2) is 54.6 Å². The predicted octanol–water partition coefficient (Wildman–Crippen LogP) is 2.84. The number of nitrogens with one attached hydrogen (secondary N) is 5. The lowest BCUT2D eigenvalue weighted by molar-refractivity contribution is -0.132. The van der Waals surface area contributed by atoms with Crippen molar-refractivity contribution in [3.8, 4) is 0 Å². The van der Waals surface area contributed by atoms with Crippen LogP contribution in [0, 0.1) is 17.8 Å². The van der Waals surface area contributed by atoms with Crippen molar-refractivity contribution in [3.63, 3.8) is 0 Å². The molecule has 2 aromatic rings. The lowest BCUT2D eigenvalue weighted by Gasteiger charge is -2.30. The van der Waals surface area contributed by atoms with Crippen molar-refractivity contribution < 1.29 is 44.1 Å². The zero-order valence-electron chi connectivity index (χ0n) is 33.1. The normalized spacial score (nSPS) is 15.1. The minimum absolute atomic E-state index is 0.0978. The Morgan fingerprint density at radius 3 is 1.78 bits per heavy atom. The summed E-state index contributed by atoms with van der Waals surface area (Å²) in [5.41, 5.74) is 1.56. The zero-order chi connectivity index (χ0) is 41.2. The minimum Gasteiger partial charge on any atom is -0.478 e. The van der Waals surface area contributed by atoms with Crippen molar-refractivity contribution in [2.45, 2.75) is 130 Å². The Labute approximate surface area is 324 Å².